The van der Waals surface area contributed by atoms with Gasteiger partial charge in [0.2, 0.25) is 5.91 Å². The molecular weight excluding hydrogens is 452 g/mol. The maximum absolute atomic E-state index is 13.0. The molecule has 1 fully saturated rings. The van der Waals surface area contributed by atoms with Crippen LogP contribution in [-0.4, -0.2) is 35.9 Å². The second kappa shape index (κ2) is 11.4. The first-order valence-electron chi connectivity index (χ1n) is 11.1. The molecule has 1 saturated carbocycles. The number of aryl methyl sites for hydroxylation is 1. The fourth-order valence-corrected chi connectivity index (χ4v) is 3.94. The minimum Gasteiger partial charge on any atom is -0.352 e. The van der Waals surface area contributed by atoms with E-state index in [0.717, 1.165) is 43.4 Å². The largest absolute Gasteiger partial charge is 0.416 e. The number of nitrogens with zero attached hydrogens (tertiary/aromatic N) is 1. The fourth-order valence-electron chi connectivity index (χ4n) is 3.94. The summed E-state index contributed by atoms with van der Waals surface area (Å²) in [5.74, 6) is -0.155. The highest BCUT2D eigenvalue weighted by Crippen LogP contribution is 2.31. The van der Waals surface area contributed by atoms with Crippen LogP contribution in [0.15, 0.2) is 36.5 Å². The van der Waals surface area contributed by atoms with E-state index in [-0.39, 0.29) is 35.5 Å². The number of benzene rings is 1. The molecule has 0 bridgehead atoms. The molecule has 0 spiro atoms. The van der Waals surface area contributed by atoms with Gasteiger partial charge in [-0.15, -0.1) is 0 Å². The molecule has 3 N–H and O–H groups in total. The third kappa shape index (κ3) is 7.51. The number of hydrogen-bond acceptors (Lipinski definition) is 4. The van der Waals surface area contributed by atoms with Gasteiger partial charge in [0.25, 0.3) is 5.91 Å². The van der Waals surface area contributed by atoms with Crippen molar-refractivity contribution in [2.75, 3.05) is 18.4 Å². The van der Waals surface area contributed by atoms with E-state index in [9.17, 15) is 27.2 Å². The standard InChI is InChI=1S/C24H28F4N4O2/c1-15-2-7-21(30-12-15)32-22(33)14-29-20-5-3-16(4-6-20)13-31-23(34)18-8-17(11-25)9-19(10-18)24(26,27)28/h2,7-10,12,16,20,29H,3-6,11,13-14H2,1H3,(H,31,34)(H,30,32,33). The van der Waals surface area contributed by atoms with Gasteiger partial charge in [0.1, 0.15) is 12.5 Å². The van der Waals surface area contributed by atoms with Crippen molar-refractivity contribution in [3.05, 3.63) is 58.8 Å². The van der Waals surface area contributed by atoms with Crippen molar-refractivity contribution in [1.82, 2.24) is 15.6 Å². The first kappa shape index (κ1) is 25.6. The number of pyridine rings is 1. The Kier molecular flexibility index (Phi) is 8.60. The van der Waals surface area contributed by atoms with Crippen molar-refractivity contribution in [3.8, 4) is 0 Å². The molecular formula is C24H28F4N4O2. The van der Waals surface area contributed by atoms with E-state index in [0.29, 0.717) is 18.4 Å². The summed E-state index contributed by atoms with van der Waals surface area (Å²) < 4.78 is 52.0. The Bertz CT molecular complexity index is 987. The van der Waals surface area contributed by atoms with Crippen molar-refractivity contribution < 1.29 is 27.2 Å². The van der Waals surface area contributed by atoms with Crippen LogP contribution in [0.5, 0.6) is 0 Å². The lowest BCUT2D eigenvalue weighted by molar-refractivity contribution is -0.137. The number of amides is 2. The second-order valence-electron chi connectivity index (χ2n) is 8.63. The average Bonchev–Trinajstić information content (AvgIpc) is 2.82. The predicted octanol–water partition coefficient (Wildman–Crippen LogP) is 4.40. The van der Waals surface area contributed by atoms with Gasteiger partial charge in [-0.1, -0.05) is 6.07 Å². The molecule has 1 heterocycles. The molecule has 0 radical (unpaired) electrons. The van der Waals surface area contributed by atoms with Gasteiger partial charge in [0, 0.05) is 24.3 Å². The van der Waals surface area contributed by atoms with Crippen LogP contribution < -0.4 is 16.0 Å². The zero-order chi connectivity index (χ0) is 24.7. The van der Waals surface area contributed by atoms with Gasteiger partial charge in [-0.25, -0.2) is 9.37 Å². The Balaban J connectivity index is 1.41. The van der Waals surface area contributed by atoms with Crippen molar-refractivity contribution in [1.29, 1.82) is 0 Å². The van der Waals surface area contributed by atoms with Crippen LogP contribution in [0.1, 0.15) is 52.7 Å². The Hall–Kier alpha value is -3.01. The minimum absolute atomic E-state index is 0.161. The molecule has 0 atom stereocenters. The van der Waals surface area contributed by atoms with Gasteiger partial charge in [-0.05, 0) is 73.9 Å². The summed E-state index contributed by atoms with van der Waals surface area (Å²) in [5.41, 5.74) is -0.425. The number of nitrogens with one attached hydrogen (secondary N) is 3. The Labute approximate surface area is 195 Å². The zero-order valence-electron chi connectivity index (χ0n) is 18.8. The normalized spacial score (nSPS) is 18.4. The van der Waals surface area contributed by atoms with E-state index < -0.39 is 24.3 Å². The number of alkyl halides is 4. The van der Waals surface area contributed by atoms with Gasteiger partial charge >= 0.3 is 6.18 Å². The molecule has 0 unspecified atom stereocenters. The van der Waals surface area contributed by atoms with E-state index >= 15 is 0 Å². The monoisotopic (exact) mass is 480 g/mol. The van der Waals surface area contributed by atoms with Gasteiger partial charge < -0.3 is 16.0 Å². The zero-order valence-corrected chi connectivity index (χ0v) is 18.8. The number of rotatable bonds is 8. The summed E-state index contributed by atoms with van der Waals surface area (Å²) in [6, 6.07) is 6.37. The maximum atomic E-state index is 13.0. The van der Waals surface area contributed by atoms with Crippen molar-refractivity contribution in [2.24, 2.45) is 5.92 Å². The lowest BCUT2D eigenvalue weighted by atomic mass is 9.86. The molecule has 6 nitrogen and oxygen atoms in total. The molecule has 0 aliphatic heterocycles. The number of hydrogen-bond donors (Lipinski definition) is 3. The second-order valence-corrected chi connectivity index (χ2v) is 8.63. The summed E-state index contributed by atoms with van der Waals surface area (Å²) in [6.07, 6.45) is 0.252. The lowest BCUT2D eigenvalue weighted by Gasteiger charge is -2.29. The summed E-state index contributed by atoms with van der Waals surface area (Å²) in [6.45, 7) is 1.32. The third-order valence-corrected chi connectivity index (χ3v) is 5.86. The van der Waals surface area contributed by atoms with Crippen LogP contribution in [-0.2, 0) is 17.6 Å². The molecule has 2 aromatic rings. The Morgan fingerprint density at radius 3 is 2.44 bits per heavy atom. The summed E-state index contributed by atoms with van der Waals surface area (Å²) >= 11 is 0. The molecule has 1 aliphatic carbocycles. The first-order chi connectivity index (χ1) is 16.1. The molecule has 10 heteroatoms. The first-order valence-corrected chi connectivity index (χ1v) is 11.1. The Morgan fingerprint density at radius 2 is 1.82 bits per heavy atom. The Morgan fingerprint density at radius 1 is 1.09 bits per heavy atom. The number of carbonyl (C=O) groups excluding carboxylic acids is 2. The average molecular weight is 481 g/mol. The topological polar surface area (TPSA) is 83.1 Å². The SMILES string of the molecule is Cc1ccc(NC(=O)CNC2CCC(CNC(=O)c3cc(CF)cc(C(F)(F)F)c3)CC2)nc1. The number of aromatic nitrogens is 1. The molecule has 34 heavy (non-hydrogen) atoms. The lowest BCUT2D eigenvalue weighted by Crippen LogP contribution is -2.40. The van der Waals surface area contributed by atoms with Crippen LogP contribution in [0, 0.1) is 12.8 Å². The molecule has 184 valence electrons. The van der Waals surface area contributed by atoms with E-state index in [1.54, 1.807) is 12.3 Å². The molecule has 2 amide bonds. The number of carbonyl (C=O) groups is 2. The highest BCUT2D eigenvalue weighted by Gasteiger charge is 2.32. The molecule has 1 aromatic heterocycles. The van der Waals surface area contributed by atoms with Crippen LogP contribution >= 0.6 is 0 Å². The van der Waals surface area contributed by atoms with Gasteiger partial charge in [0.05, 0.1) is 12.1 Å². The van der Waals surface area contributed by atoms with Gasteiger partial charge in [-0.3, -0.25) is 9.59 Å². The summed E-state index contributed by atoms with van der Waals surface area (Å²) in [4.78, 5) is 28.6. The van der Waals surface area contributed by atoms with Crippen molar-refractivity contribution in [3.63, 3.8) is 0 Å². The fraction of sp³-hybridized carbons (Fsp3) is 0.458. The number of anilines is 1. The quantitative estimate of drug-likeness (QED) is 0.490. The molecule has 3 rings (SSSR count). The van der Waals surface area contributed by atoms with Gasteiger partial charge in [0.15, 0.2) is 0 Å². The maximum Gasteiger partial charge on any atom is 0.416 e. The molecule has 1 aliphatic rings. The van der Waals surface area contributed by atoms with Crippen molar-refractivity contribution in [2.45, 2.75) is 51.5 Å². The smallest absolute Gasteiger partial charge is 0.352 e. The summed E-state index contributed by atoms with van der Waals surface area (Å²) in [5, 5.41) is 8.64. The van der Waals surface area contributed by atoms with Crippen LogP contribution in [0.25, 0.3) is 0 Å². The highest BCUT2D eigenvalue weighted by atomic mass is 19.4. The van der Waals surface area contributed by atoms with E-state index in [1.165, 1.54) is 0 Å². The van der Waals surface area contributed by atoms with Crippen LogP contribution in [0.3, 0.4) is 0 Å². The van der Waals surface area contributed by atoms with E-state index in [1.807, 2.05) is 13.0 Å². The van der Waals surface area contributed by atoms with E-state index in [4.69, 9.17) is 0 Å². The molecule has 0 saturated heterocycles. The number of halogens is 4. The van der Waals surface area contributed by atoms with Gasteiger partial charge in [-0.2, -0.15) is 13.2 Å². The minimum atomic E-state index is -4.65. The predicted molar refractivity (Wildman–Crippen MR) is 120 cm³/mol. The highest BCUT2D eigenvalue weighted by molar-refractivity contribution is 5.94. The summed E-state index contributed by atoms with van der Waals surface area (Å²) in [7, 11) is 0. The van der Waals surface area contributed by atoms with Crippen molar-refractivity contribution >= 4 is 17.6 Å². The van der Waals surface area contributed by atoms with Crippen LogP contribution in [0.4, 0.5) is 23.4 Å². The van der Waals surface area contributed by atoms with Crippen LogP contribution in [0.2, 0.25) is 0 Å². The molecule has 1 aromatic carbocycles. The third-order valence-electron chi connectivity index (χ3n) is 5.86. The van der Waals surface area contributed by atoms with E-state index in [2.05, 4.69) is 20.9 Å².